The molecule has 0 saturated heterocycles. The number of nitrogens with one attached hydrogen (secondary N) is 1. The third kappa shape index (κ3) is 2.87. The number of rotatable bonds is 3. The Balaban J connectivity index is 2.09. The van der Waals surface area contributed by atoms with Crippen LogP contribution in [-0.4, -0.2) is 10.9 Å². The van der Waals surface area contributed by atoms with E-state index in [4.69, 9.17) is 5.73 Å². The van der Waals surface area contributed by atoms with Crippen molar-refractivity contribution in [2.45, 2.75) is 19.8 Å². The highest BCUT2D eigenvalue weighted by molar-refractivity contribution is 7.13. The minimum Gasteiger partial charge on any atom is -0.399 e. The molecule has 1 aromatic carbocycles. The number of nitrogens with two attached hydrogens (primary N) is 1. The Morgan fingerprint density at radius 3 is 2.89 bits per heavy atom. The fraction of sp³-hybridized carbons (Fsp3) is 0.231. The van der Waals surface area contributed by atoms with Crippen molar-refractivity contribution in [3.63, 3.8) is 0 Å². The molecule has 0 aliphatic rings. The fourth-order valence-electron chi connectivity index (χ4n) is 1.60. The molecule has 94 valence electrons. The zero-order chi connectivity index (χ0) is 13.1. The summed E-state index contributed by atoms with van der Waals surface area (Å²) in [4.78, 5) is 16.3. The van der Waals surface area contributed by atoms with E-state index in [1.54, 1.807) is 6.07 Å². The van der Waals surface area contributed by atoms with E-state index in [-0.39, 0.29) is 11.8 Å². The smallest absolute Gasteiger partial charge is 0.233 e. The summed E-state index contributed by atoms with van der Waals surface area (Å²) >= 11 is 1.43. The van der Waals surface area contributed by atoms with E-state index < -0.39 is 0 Å². The number of aryl methyl sites for hydroxylation is 1. The third-order valence-corrected chi connectivity index (χ3v) is 3.53. The number of hydrogen-bond donors (Lipinski definition) is 2. The van der Waals surface area contributed by atoms with E-state index in [9.17, 15) is 4.79 Å². The molecule has 1 heterocycles. The van der Waals surface area contributed by atoms with Crippen LogP contribution >= 0.6 is 11.3 Å². The van der Waals surface area contributed by atoms with Gasteiger partial charge in [-0.25, -0.2) is 4.98 Å². The quantitative estimate of drug-likeness (QED) is 0.835. The summed E-state index contributed by atoms with van der Waals surface area (Å²) in [5.41, 5.74) is 8.19. The SMILES string of the molecule is Cc1csc(NC(=O)C(C)c2cccc(N)c2)n1. The highest BCUT2D eigenvalue weighted by atomic mass is 32.1. The van der Waals surface area contributed by atoms with Gasteiger partial charge in [-0.1, -0.05) is 12.1 Å². The number of thiazole rings is 1. The Hall–Kier alpha value is -1.88. The molecule has 1 atom stereocenters. The Morgan fingerprint density at radius 1 is 1.50 bits per heavy atom. The monoisotopic (exact) mass is 261 g/mol. The van der Waals surface area contributed by atoms with Gasteiger partial charge in [0.15, 0.2) is 5.13 Å². The standard InChI is InChI=1S/C13H15N3OS/c1-8-7-18-13(15-8)16-12(17)9(2)10-4-3-5-11(14)6-10/h3-7,9H,14H2,1-2H3,(H,15,16,17). The molecule has 2 aromatic rings. The maximum absolute atomic E-state index is 12.0. The number of hydrogen-bond acceptors (Lipinski definition) is 4. The lowest BCUT2D eigenvalue weighted by atomic mass is 10.00. The minimum atomic E-state index is -0.252. The van der Waals surface area contributed by atoms with Crippen molar-refractivity contribution in [2.24, 2.45) is 0 Å². The summed E-state index contributed by atoms with van der Waals surface area (Å²) in [6.45, 7) is 3.75. The average molecular weight is 261 g/mol. The molecular weight excluding hydrogens is 246 g/mol. The Labute approximate surface area is 110 Å². The van der Waals surface area contributed by atoms with Gasteiger partial charge < -0.3 is 11.1 Å². The number of nitrogen functional groups attached to an aromatic ring is 1. The van der Waals surface area contributed by atoms with Gasteiger partial charge in [-0.3, -0.25) is 4.79 Å². The lowest BCUT2D eigenvalue weighted by Gasteiger charge is -2.11. The molecule has 0 fully saturated rings. The molecule has 4 nitrogen and oxygen atoms in total. The van der Waals surface area contributed by atoms with Crippen LogP contribution in [0, 0.1) is 6.92 Å². The van der Waals surface area contributed by atoms with E-state index >= 15 is 0 Å². The molecule has 1 unspecified atom stereocenters. The topological polar surface area (TPSA) is 68.0 Å². The minimum absolute atomic E-state index is 0.0741. The summed E-state index contributed by atoms with van der Waals surface area (Å²) < 4.78 is 0. The Kier molecular flexibility index (Phi) is 3.62. The maximum atomic E-state index is 12.0. The van der Waals surface area contributed by atoms with Gasteiger partial charge in [0, 0.05) is 11.1 Å². The van der Waals surface area contributed by atoms with Gasteiger partial charge in [0.25, 0.3) is 0 Å². The summed E-state index contributed by atoms with van der Waals surface area (Å²) in [5.74, 6) is -0.326. The summed E-state index contributed by atoms with van der Waals surface area (Å²) in [7, 11) is 0. The van der Waals surface area contributed by atoms with Gasteiger partial charge in [-0.2, -0.15) is 0 Å². The molecule has 0 aliphatic carbocycles. The molecule has 3 N–H and O–H groups in total. The highest BCUT2D eigenvalue weighted by Crippen LogP contribution is 2.21. The molecule has 0 saturated carbocycles. The lowest BCUT2D eigenvalue weighted by Crippen LogP contribution is -2.18. The number of carbonyl (C=O) groups is 1. The second-order valence-electron chi connectivity index (χ2n) is 4.18. The van der Waals surface area contributed by atoms with Crippen LogP contribution < -0.4 is 11.1 Å². The zero-order valence-electron chi connectivity index (χ0n) is 10.3. The van der Waals surface area contributed by atoms with Gasteiger partial charge in [-0.15, -0.1) is 11.3 Å². The molecule has 1 amide bonds. The van der Waals surface area contributed by atoms with Crippen molar-refractivity contribution in [2.75, 3.05) is 11.1 Å². The zero-order valence-corrected chi connectivity index (χ0v) is 11.1. The van der Waals surface area contributed by atoms with Gasteiger partial charge in [0.2, 0.25) is 5.91 Å². The summed E-state index contributed by atoms with van der Waals surface area (Å²) in [5, 5.41) is 5.34. The largest absolute Gasteiger partial charge is 0.399 e. The van der Waals surface area contributed by atoms with Gasteiger partial charge in [0.05, 0.1) is 11.6 Å². The number of anilines is 2. The predicted octanol–water partition coefficient (Wildman–Crippen LogP) is 2.78. The maximum Gasteiger partial charge on any atom is 0.233 e. The van der Waals surface area contributed by atoms with Crippen molar-refractivity contribution in [3.05, 3.63) is 40.9 Å². The first-order chi connectivity index (χ1) is 8.56. The van der Waals surface area contributed by atoms with E-state index in [0.29, 0.717) is 10.8 Å². The molecule has 0 aliphatic heterocycles. The van der Waals surface area contributed by atoms with Gasteiger partial charge in [0.1, 0.15) is 0 Å². The van der Waals surface area contributed by atoms with Gasteiger partial charge >= 0.3 is 0 Å². The van der Waals surface area contributed by atoms with Crippen molar-refractivity contribution in [1.29, 1.82) is 0 Å². The first-order valence-corrected chi connectivity index (χ1v) is 6.52. The molecule has 18 heavy (non-hydrogen) atoms. The Bertz CT molecular complexity index is 565. The van der Waals surface area contributed by atoms with Crippen molar-refractivity contribution in [3.8, 4) is 0 Å². The third-order valence-electron chi connectivity index (χ3n) is 2.65. The number of nitrogens with zero attached hydrogens (tertiary/aromatic N) is 1. The molecule has 0 radical (unpaired) electrons. The first kappa shape index (κ1) is 12.6. The average Bonchev–Trinajstić information content (AvgIpc) is 2.73. The summed E-state index contributed by atoms with van der Waals surface area (Å²) in [6.07, 6.45) is 0. The van der Waals surface area contributed by atoms with Crippen LogP contribution in [0.2, 0.25) is 0 Å². The van der Waals surface area contributed by atoms with Crippen LogP contribution in [0.1, 0.15) is 24.1 Å². The van der Waals surface area contributed by atoms with Crippen molar-refractivity contribution >= 4 is 28.1 Å². The highest BCUT2D eigenvalue weighted by Gasteiger charge is 2.16. The van der Waals surface area contributed by atoms with Crippen LogP contribution in [0.3, 0.4) is 0 Å². The van der Waals surface area contributed by atoms with Crippen LogP contribution in [0.5, 0.6) is 0 Å². The normalized spacial score (nSPS) is 12.1. The van der Waals surface area contributed by atoms with Gasteiger partial charge in [-0.05, 0) is 31.5 Å². The molecule has 2 rings (SSSR count). The van der Waals surface area contributed by atoms with E-state index in [1.807, 2.05) is 37.4 Å². The van der Waals surface area contributed by atoms with Crippen LogP contribution in [0.4, 0.5) is 10.8 Å². The van der Waals surface area contributed by atoms with E-state index in [0.717, 1.165) is 11.3 Å². The number of aromatic nitrogens is 1. The van der Waals surface area contributed by atoms with E-state index in [2.05, 4.69) is 10.3 Å². The van der Waals surface area contributed by atoms with E-state index in [1.165, 1.54) is 11.3 Å². The predicted molar refractivity (Wildman–Crippen MR) is 74.8 cm³/mol. The molecule has 1 aromatic heterocycles. The van der Waals surface area contributed by atoms with Crippen LogP contribution in [0.15, 0.2) is 29.6 Å². The molecule has 5 heteroatoms. The second kappa shape index (κ2) is 5.18. The van der Waals surface area contributed by atoms with Crippen LogP contribution in [-0.2, 0) is 4.79 Å². The summed E-state index contributed by atoms with van der Waals surface area (Å²) in [6, 6.07) is 7.37. The van der Waals surface area contributed by atoms with Crippen LogP contribution in [0.25, 0.3) is 0 Å². The number of amides is 1. The molecule has 0 bridgehead atoms. The fourth-order valence-corrected chi connectivity index (χ4v) is 2.30. The first-order valence-electron chi connectivity index (χ1n) is 5.64. The Morgan fingerprint density at radius 2 is 2.28 bits per heavy atom. The number of benzene rings is 1. The second-order valence-corrected chi connectivity index (χ2v) is 5.03. The van der Waals surface area contributed by atoms with Crippen molar-refractivity contribution in [1.82, 2.24) is 4.98 Å². The number of carbonyl (C=O) groups excluding carboxylic acids is 1. The van der Waals surface area contributed by atoms with Crippen molar-refractivity contribution < 1.29 is 4.79 Å². The lowest BCUT2D eigenvalue weighted by molar-refractivity contribution is -0.117. The molecular formula is C13H15N3OS. The molecule has 0 spiro atoms.